The van der Waals surface area contributed by atoms with Crippen molar-refractivity contribution in [2.45, 2.75) is 26.2 Å². The molecule has 0 spiro atoms. The lowest BCUT2D eigenvalue weighted by Gasteiger charge is -2.08. The summed E-state index contributed by atoms with van der Waals surface area (Å²) in [6, 6.07) is 2.77. The van der Waals surface area contributed by atoms with E-state index < -0.39 is 33.1 Å². The predicted octanol–water partition coefficient (Wildman–Crippen LogP) is 3.48. The number of amides is 1. The van der Waals surface area contributed by atoms with E-state index in [0.717, 1.165) is 41.5 Å². The smallest absolute Gasteiger partial charge is 0.341 e. The highest BCUT2D eigenvalue weighted by atomic mass is 32.1. The van der Waals surface area contributed by atoms with Crippen LogP contribution in [0.15, 0.2) is 18.2 Å². The maximum atomic E-state index is 12.6. The van der Waals surface area contributed by atoms with E-state index in [4.69, 9.17) is 4.74 Å². The molecule has 28 heavy (non-hydrogen) atoms. The monoisotopic (exact) mass is 405 g/mol. The number of esters is 1. The predicted molar refractivity (Wildman–Crippen MR) is 100 cm³/mol. The number of nitrogens with zero attached hydrogens (tertiary/aromatic N) is 2. The molecular formula is C17H15N3O7S. The van der Waals surface area contributed by atoms with E-state index in [1.807, 2.05) is 0 Å². The molecule has 1 amide bonds. The van der Waals surface area contributed by atoms with Crippen molar-refractivity contribution in [3.8, 4) is 0 Å². The maximum Gasteiger partial charge on any atom is 0.341 e. The molecule has 0 unspecified atom stereocenters. The zero-order valence-corrected chi connectivity index (χ0v) is 15.5. The number of rotatable bonds is 6. The molecule has 0 atom stereocenters. The SMILES string of the molecule is CCOC(=O)c1c(NC(=O)c2ccc([N+](=O)[O-])cc2[N+](=O)[O-])sc2c1CCC2. The van der Waals surface area contributed by atoms with Gasteiger partial charge in [0, 0.05) is 10.9 Å². The molecule has 146 valence electrons. The minimum atomic E-state index is -0.859. The van der Waals surface area contributed by atoms with Crippen LogP contribution in [0.4, 0.5) is 16.4 Å². The van der Waals surface area contributed by atoms with Crippen LogP contribution in [0, 0.1) is 20.2 Å². The van der Waals surface area contributed by atoms with Gasteiger partial charge in [-0.25, -0.2) is 4.79 Å². The molecule has 0 aliphatic heterocycles. The van der Waals surface area contributed by atoms with Crippen LogP contribution in [0.1, 0.15) is 44.5 Å². The van der Waals surface area contributed by atoms with Crippen molar-refractivity contribution < 1.29 is 24.2 Å². The molecule has 0 fully saturated rings. The van der Waals surface area contributed by atoms with Crippen molar-refractivity contribution in [2.24, 2.45) is 0 Å². The van der Waals surface area contributed by atoms with Crippen LogP contribution in [0.3, 0.4) is 0 Å². The lowest BCUT2D eigenvalue weighted by molar-refractivity contribution is -0.394. The van der Waals surface area contributed by atoms with Crippen molar-refractivity contribution in [1.29, 1.82) is 0 Å². The van der Waals surface area contributed by atoms with Gasteiger partial charge < -0.3 is 10.1 Å². The Hall–Kier alpha value is -3.34. The first-order valence-electron chi connectivity index (χ1n) is 8.39. The third-order valence-corrected chi connectivity index (χ3v) is 5.47. The topological polar surface area (TPSA) is 142 Å². The van der Waals surface area contributed by atoms with E-state index in [1.54, 1.807) is 6.92 Å². The first-order chi connectivity index (χ1) is 13.3. The van der Waals surface area contributed by atoms with Crippen LogP contribution in [0.5, 0.6) is 0 Å². The molecule has 10 nitrogen and oxygen atoms in total. The van der Waals surface area contributed by atoms with Crippen molar-refractivity contribution in [2.75, 3.05) is 11.9 Å². The zero-order chi connectivity index (χ0) is 20.4. The number of thiophene rings is 1. The summed E-state index contributed by atoms with van der Waals surface area (Å²) < 4.78 is 5.08. The number of benzene rings is 1. The van der Waals surface area contributed by atoms with Gasteiger partial charge in [-0.3, -0.25) is 25.0 Å². The number of non-ortho nitro benzene ring substituents is 1. The van der Waals surface area contributed by atoms with Crippen molar-refractivity contribution in [3.05, 3.63) is 60.0 Å². The van der Waals surface area contributed by atoms with Crippen LogP contribution in [-0.4, -0.2) is 28.3 Å². The summed E-state index contributed by atoms with van der Waals surface area (Å²) in [5.41, 5.74) is -0.410. The third kappa shape index (κ3) is 3.56. The van der Waals surface area contributed by atoms with E-state index in [2.05, 4.69) is 5.32 Å². The molecule has 1 aliphatic rings. The number of carbonyl (C=O) groups excluding carboxylic acids is 2. The van der Waals surface area contributed by atoms with E-state index >= 15 is 0 Å². The van der Waals surface area contributed by atoms with Crippen molar-refractivity contribution in [3.63, 3.8) is 0 Å². The minimum Gasteiger partial charge on any atom is -0.462 e. The Morgan fingerprint density at radius 2 is 1.96 bits per heavy atom. The Kier molecular flexibility index (Phi) is 5.36. The fourth-order valence-corrected chi connectivity index (χ4v) is 4.33. The van der Waals surface area contributed by atoms with E-state index in [0.29, 0.717) is 6.42 Å². The van der Waals surface area contributed by atoms with Crippen LogP contribution in [-0.2, 0) is 17.6 Å². The number of nitrogens with one attached hydrogen (secondary N) is 1. The van der Waals surface area contributed by atoms with Crippen LogP contribution < -0.4 is 5.32 Å². The van der Waals surface area contributed by atoms with Crippen molar-refractivity contribution >= 4 is 39.6 Å². The van der Waals surface area contributed by atoms with Crippen LogP contribution in [0.25, 0.3) is 0 Å². The lowest BCUT2D eigenvalue weighted by atomic mass is 10.1. The van der Waals surface area contributed by atoms with Gasteiger partial charge in [-0.2, -0.15) is 0 Å². The second kappa shape index (κ2) is 7.72. The summed E-state index contributed by atoms with van der Waals surface area (Å²) in [7, 11) is 0. The zero-order valence-electron chi connectivity index (χ0n) is 14.7. The van der Waals surface area contributed by atoms with Gasteiger partial charge in [0.05, 0.1) is 28.1 Å². The molecule has 1 N–H and O–H groups in total. The molecule has 11 heteroatoms. The second-order valence-corrected chi connectivity index (χ2v) is 7.06. The number of fused-ring (bicyclic) bond motifs is 1. The first kappa shape index (κ1) is 19.4. The molecule has 0 radical (unpaired) electrons. The van der Waals surface area contributed by atoms with Gasteiger partial charge in [0.1, 0.15) is 10.6 Å². The number of ether oxygens (including phenoxy) is 1. The van der Waals surface area contributed by atoms with E-state index in [1.165, 1.54) is 11.3 Å². The van der Waals surface area contributed by atoms with Gasteiger partial charge in [0.25, 0.3) is 17.3 Å². The highest BCUT2D eigenvalue weighted by Crippen LogP contribution is 2.40. The summed E-state index contributed by atoms with van der Waals surface area (Å²) in [4.78, 5) is 46.4. The van der Waals surface area contributed by atoms with Gasteiger partial charge in [-0.05, 0) is 37.8 Å². The highest BCUT2D eigenvalue weighted by Gasteiger charge is 2.30. The van der Waals surface area contributed by atoms with Crippen LogP contribution >= 0.6 is 11.3 Å². The Bertz CT molecular complexity index is 999. The molecule has 1 aromatic heterocycles. The fourth-order valence-electron chi connectivity index (χ4n) is 3.06. The average molecular weight is 405 g/mol. The fraction of sp³-hybridized carbons (Fsp3) is 0.294. The largest absolute Gasteiger partial charge is 0.462 e. The Labute approximate surface area is 162 Å². The number of hydrogen-bond acceptors (Lipinski definition) is 8. The molecule has 3 rings (SSSR count). The molecule has 1 heterocycles. The van der Waals surface area contributed by atoms with E-state index in [-0.39, 0.29) is 22.7 Å². The lowest BCUT2D eigenvalue weighted by Crippen LogP contribution is -2.16. The third-order valence-electron chi connectivity index (χ3n) is 4.26. The highest BCUT2D eigenvalue weighted by molar-refractivity contribution is 7.17. The number of aryl methyl sites for hydroxylation is 1. The average Bonchev–Trinajstić information content (AvgIpc) is 3.21. The van der Waals surface area contributed by atoms with Gasteiger partial charge in [-0.15, -0.1) is 11.3 Å². The van der Waals surface area contributed by atoms with Gasteiger partial charge in [-0.1, -0.05) is 0 Å². The Balaban J connectivity index is 1.97. The molecule has 1 aliphatic carbocycles. The van der Waals surface area contributed by atoms with Crippen molar-refractivity contribution in [1.82, 2.24) is 0 Å². The number of carbonyl (C=O) groups is 2. The Morgan fingerprint density at radius 1 is 1.21 bits per heavy atom. The quantitative estimate of drug-likeness (QED) is 0.440. The van der Waals surface area contributed by atoms with Gasteiger partial charge in [0.2, 0.25) is 0 Å². The number of hydrogen-bond donors (Lipinski definition) is 1. The molecule has 1 aromatic carbocycles. The Morgan fingerprint density at radius 3 is 2.61 bits per heavy atom. The number of nitro groups is 2. The van der Waals surface area contributed by atoms with Gasteiger partial charge >= 0.3 is 5.97 Å². The molecule has 2 aromatic rings. The van der Waals surface area contributed by atoms with Gasteiger partial charge in [0.15, 0.2) is 0 Å². The summed E-state index contributed by atoms with van der Waals surface area (Å²) in [6.45, 7) is 1.84. The standard InChI is InChI=1S/C17H15N3O7S/c1-2-27-17(22)14-11-4-3-5-13(11)28-16(14)18-15(21)10-7-6-9(19(23)24)8-12(10)20(25)26/h6-8H,2-5H2,1H3,(H,18,21). The summed E-state index contributed by atoms with van der Waals surface area (Å²) in [5, 5.41) is 24.9. The normalized spacial score (nSPS) is 12.3. The minimum absolute atomic E-state index is 0.171. The molecular weight excluding hydrogens is 390 g/mol. The van der Waals surface area contributed by atoms with E-state index in [9.17, 15) is 29.8 Å². The summed E-state index contributed by atoms with van der Waals surface area (Å²) >= 11 is 1.24. The number of anilines is 1. The second-order valence-electron chi connectivity index (χ2n) is 5.95. The summed E-state index contributed by atoms with van der Waals surface area (Å²) in [6.07, 6.45) is 2.36. The molecule has 0 bridgehead atoms. The summed E-state index contributed by atoms with van der Waals surface area (Å²) in [5.74, 6) is -1.39. The maximum absolute atomic E-state index is 12.6. The number of nitro benzene ring substituents is 2. The molecule has 0 saturated carbocycles. The molecule has 0 saturated heterocycles. The first-order valence-corrected chi connectivity index (χ1v) is 9.21. The van der Waals surface area contributed by atoms with Crippen LogP contribution in [0.2, 0.25) is 0 Å².